The van der Waals surface area contributed by atoms with Crippen LogP contribution < -0.4 is 21.1 Å². The van der Waals surface area contributed by atoms with Crippen molar-refractivity contribution in [2.24, 2.45) is 5.73 Å². The molecular formula is C17H14F3N5O3S3. The lowest BCUT2D eigenvalue weighted by atomic mass is 10.3. The second-order valence-electron chi connectivity index (χ2n) is 5.85. The fourth-order valence-electron chi connectivity index (χ4n) is 2.19. The fraction of sp³-hybridized carbons (Fsp3) is 0.176. The number of anilines is 3. The van der Waals surface area contributed by atoms with Crippen LogP contribution in [0.2, 0.25) is 0 Å². The first-order valence-corrected chi connectivity index (χ1v) is 11.0. The van der Waals surface area contributed by atoms with Crippen LogP contribution in [0.15, 0.2) is 40.1 Å². The molecule has 0 fully saturated rings. The number of amides is 2. The second kappa shape index (κ2) is 9.53. The largest absolute Gasteiger partial charge is 0.573 e. The SMILES string of the molecule is CC(Sc1nnc(Nc2ccc(OC(F)(F)F)cc2)s1)C(=O)Nc1sccc1C(N)=O. The first-order chi connectivity index (χ1) is 14.6. The van der Waals surface area contributed by atoms with E-state index in [1.165, 1.54) is 53.0 Å². The molecule has 1 unspecified atom stereocenters. The minimum Gasteiger partial charge on any atom is -0.406 e. The number of thioether (sulfide) groups is 1. The van der Waals surface area contributed by atoms with Crippen LogP contribution in [0.1, 0.15) is 17.3 Å². The highest BCUT2D eigenvalue weighted by Gasteiger charge is 2.31. The summed E-state index contributed by atoms with van der Waals surface area (Å²) < 4.78 is 40.9. The summed E-state index contributed by atoms with van der Waals surface area (Å²) in [7, 11) is 0. The summed E-state index contributed by atoms with van der Waals surface area (Å²) in [6.07, 6.45) is -4.76. The van der Waals surface area contributed by atoms with Gasteiger partial charge in [-0.25, -0.2) is 0 Å². The standard InChI is InChI=1S/C17H14F3N5O3S3/c1-8(13(27)23-14-11(12(21)26)6-7-29-14)30-16-25-24-15(31-16)22-9-2-4-10(5-3-9)28-17(18,19)20/h2-8H,1H3,(H2,21,26)(H,22,24)(H,23,27). The number of nitrogens with one attached hydrogen (secondary N) is 2. The lowest BCUT2D eigenvalue weighted by Crippen LogP contribution is -2.23. The van der Waals surface area contributed by atoms with Gasteiger partial charge in [-0.2, -0.15) is 0 Å². The number of ether oxygens (including phenoxy) is 1. The molecule has 3 aromatic rings. The van der Waals surface area contributed by atoms with Gasteiger partial charge in [-0.3, -0.25) is 9.59 Å². The van der Waals surface area contributed by atoms with Crippen LogP contribution in [0, 0.1) is 0 Å². The number of halogens is 3. The van der Waals surface area contributed by atoms with Crippen LogP contribution in [-0.2, 0) is 4.79 Å². The van der Waals surface area contributed by atoms with Crippen molar-refractivity contribution in [2.75, 3.05) is 10.6 Å². The molecule has 3 rings (SSSR count). The smallest absolute Gasteiger partial charge is 0.406 e. The number of nitrogens with zero attached hydrogens (tertiary/aromatic N) is 2. The third-order valence-corrected chi connectivity index (χ3v) is 6.41. The molecule has 164 valence electrons. The summed E-state index contributed by atoms with van der Waals surface area (Å²) in [5.74, 6) is -1.30. The number of aromatic nitrogens is 2. The van der Waals surface area contributed by atoms with Gasteiger partial charge in [0.1, 0.15) is 10.8 Å². The van der Waals surface area contributed by atoms with Crippen molar-refractivity contribution in [3.05, 3.63) is 41.3 Å². The zero-order valence-corrected chi connectivity index (χ0v) is 18.0. The Morgan fingerprint density at radius 1 is 1.19 bits per heavy atom. The minimum atomic E-state index is -4.76. The maximum Gasteiger partial charge on any atom is 0.573 e. The molecule has 0 aliphatic rings. The predicted molar refractivity (Wildman–Crippen MR) is 113 cm³/mol. The van der Waals surface area contributed by atoms with Gasteiger partial charge in [-0.15, -0.1) is 34.7 Å². The average Bonchev–Trinajstić information content (AvgIpc) is 3.31. The molecule has 8 nitrogen and oxygen atoms in total. The molecule has 2 amide bonds. The van der Waals surface area contributed by atoms with Gasteiger partial charge in [0.25, 0.3) is 5.91 Å². The van der Waals surface area contributed by atoms with Crippen LogP contribution in [0.5, 0.6) is 5.75 Å². The summed E-state index contributed by atoms with van der Waals surface area (Å²) in [4.78, 5) is 23.7. The number of hydrogen-bond donors (Lipinski definition) is 3. The van der Waals surface area contributed by atoms with Gasteiger partial charge in [0.05, 0.1) is 10.8 Å². The van der Waals surface area contributed by atoms with E-state index >= 15 is 0 Å². The number of rotatable bonds is 8. The molecule has 0 spiro atoms. The van der Waals surface area contributed by atoms with Crippen molar-refractivity contribution in [3.8, 4) is 5.75 Å². The second-order valence-corrected chi connectivity index (χ2v) is 9.33. The number of carbonyl (C=O) groups is 2. The molecule has 2 aromatic heterocycles. The predicted octanol–water partition coefficient (Wildman–Crippen LogP) is 4.46. The van der Waals surface area contributed by atoms with E-state index in [1.807, 2.05) is 0 Å². The highest BCUT2D eigenvalue weighted by molar-refractivity contribution is 8.02. The van der Waals surface area contributed by atoms with E-state index in [1.54, 1.807) is 12.3 Å². The molecule has 2 heterocycles. The molecule has 4 N–H and O–H groups in total. The van der Waals surface area contributed by atoms with Gasteiger partial charge in [0, 0.05) is 5.69 Å². The summed E-state index contributed by atoms with van der Waals surface area (Å²) in [5, 5.41) is 15.4. The Labute approximate surface area is 186 Å². The van der Waals surface area contributed by atoms with Crippen molar-refractivity contribution < 1.29 is 27.5 Å². The zero-order chi connectivity index (χ0) is 22.6. The van der Waals surface area contributed by atoms with E-state index in [-0.39, 0.29) is 17.2 Å². The Hall–Kier alpha value is -2.84. The molecule has 14 heteroatoms. The monoisotopic (exact) mass is 489 g/mol. The number of alkyl halides is 3. The molecule has 0 aliphatic carbocycles. The van der Waals surface area contributed by atoms with Crippen molar-refractivity contribution in [3.63, 3.8) is 0 Å². The van der Waals surface area contributed by atoms with E-state index < -0.39 is 17.5 Å². The van der Waals surface area contributed by atoms with Crippen molar-refractivity contribution in [2.45, 2.75) is 22.9 Å². The van der Waals surface area contributed by atoms with Crippen molar-refractivity contribution >= 4 is 62.1 Å². The number of nitrogens with two attached hydrogens (primary N) is 1. The summed E-state index contributed by atoms with van der Waals surface area (Å²) >= 11 is 3.53. The van der Waals surface area contributed by atoms with E-state index in [9.17, 15) is 22.8 Å². The first-order valence-electron chi connectivity index (χ1n) is 8.42. The van der Waals surface area contributed by atoms with Gasteiger partial charge in [-0.1, -0.05) is 23.1 Å². The normalized spacial score (nSPS) is 12.3. The highest BCUT2D eigenvalue weighted by atomic mass is 32.2. The Balaban J connectivity index is 1.56. The van der Waals surface area contributed by atoms with Crippen LogP contribution >= 0.6 is 34.4 Å². The van der Waals surface area contributed by atoms with Gasteiger partial charge < -0.3 is 21.1 Å². The Morgan fingerprint density at radius 3 is 2.55 bits per heavy atom. The van der Waals surface area contributed by atoms with E-state index in [2.05, 4.69) is 25.6 Å². The van der Waals surface area contributed by atoms with Crippen molar-refractivity contribution in [1.29, 1.82) is 0 Å². The van der Waals surface area contributed by atoms with Gasteiger partial charge >= 0.3 is 6.36 Å². The number of primary amides is 1. The Kier molecular flexibility index (Phi) is 7.02. The van der Waals surface area contributed by atoms with E-state index in [4.69, 9.17) is 5.73 Å². The van der Waals surface area contributed by atoms with Crippen molar-refractivity contribution in [1.82, 2.24) is 10.2 Å². The van der Waals surface area contributed by atoms with Crippen LogP contribution in [0.3, 0.4) is 0 Å². The van der Waals surface area contributed by atoms with Crippen LogP contribution in [0.25, 0.3) is 0 Å². The average molecular weight is 490 g/mol. The molecule has 0 bridgehead atoms. The van der Waals surface area contributed by atoms with E-state index in [0.717, 1.165) is 11.8 Å². The topological polar surface area (TPSA) is 119 Å². The third kappa shape index (κ3) is 6.57. The number of hydrogen-bond acceptors (Lipinski definition) is 9. The molecule has 31 heavy (non-hydrogen) atoms. The third-order valence-electron chi connectivity index (χ3n) is 3.56. The van der Waals surface area contributed by atoms with Crippen LogP contribution in [-0.4, -0.2) is 33.6 Å². The maximum absolute atomic E-state index is 12.4. The Morgan fingerprint density at radius 2 is 1.90 bits per heavy atom. The molecular weight excluding hydrogens is 475 g/mol. The molecule has 0 saturated heterocycles. The quantitative estimate of drug-likeness (QED) is 0.400. The lowest BCUT2D eigenvalue weighted by molar-refractivity contribution is -0.274. The Bertz CT molecular complexity index is 1070. The highest BCUT2D eigenvalue weighted by Crippen LogP contribution is 2.32. The van der Waals surface area contributed by atoms with Crippen LogP contribution in [0.4, 0.5) is 29.0 Å². The van der Waals surface area contributed by atoms with E-state index in [0.29, 0.717) is 20.2 Å². The number of thiophene rings is 1. The summed E-state index contributed by atoms with van der Waals surface area (Å²) in [5.41, 5.74) is 6.00. The van der Waals surface area contributed by atoms with Gasteiger partial charge in [-0.05, 0) is 42.6 Å². The maximum atomic E-state index is 12.4. The zero-order valence-electron chi connectivity index (χ0n) is 15.6. The number of carbonyl (C=O) groups excluding carboxylic acids is 2. The summed E-state index contributed by atoms with van der Waals surface area (Å²) in [6, 6.07) is 6.68. The summed E-state index contributed by atoms with van der Waals surface area (Å²) in [6.45, 7) is 1.67. The molecule has 1 atom stereocenters. The van der Waals surface area contributed by atoms with Gasteiger partial charge in [0.15, 0.2) is 4.34 Å². The number of benzene rings is 1. The molecule has 1 aromatic carbocycles. The first kappa shape index (κ1) is 22.8. The molecule has 0 aliphatic heterocycles. The lowest BCUT2D eigenvalue weighted by Gasteiger charge is -2.10. The molecule has 0 radical (unpaired) electrons. The van der Waals surface area contributed by atoms with Gasteiger partial charge in [0.2, 0.25) is 11.0 Å². The molecule has 0 saturated carbocycles. The minimum absolute atomic E-state index is 0.240. The fourth-order valence-corrected chi connectivity index (χ4v) is 4.90.